The summed E-state index contributed by atoms with van der Waals surface area (Å²) in [6, 6.07) is 11.5. The molecule has 1 aliphatic carbocycles. The number of carboxylic acids is 1. The molecule has 0 spiro atoms. The molecular formula is C27H22F3N2O2S+. The minimum Gasteiger partial charge on any atom is -0.478 e. The van der Waals surface area contributed by atoms with Crippen LogP contribution in [0.1, 0.15) is 28.8 Å². The smallest absolute Gasteiger partial charge is 0.339 e. The van der Waals surface area contributed by atoms with Gasteiger partial charge in [0.25, 0.3) is 0 Å². The summed E-state index contributed by atoms with van der Waals surface area (Å²) in [6.45, 7) is 4.94. The van der Waals surface area contributed by atoms with Crippen LogP contribution in [0.2, 0.25) is 0 Å². The van der Waals surface area contributed by atoms with Crippen molar-refractivity contribution in [2.45, 2.75) is 19.8 Å². The van der Waals surface area contributed by atoms with E-state index in [2.05, 4.69) is 9.48 Å². The number of carbonyl (C=O) groups is 1. The zero-order valence-corrected chi connectivity index (χ0v) is 19.8. The van der Waals surface area contributed by atoms with E-state index in [0.29, 0.717) is 10.9 Å². The first-order chi connectivity index (χ1) is 16.8. The zero-order valence-electron chi connectivity index (χ0n) is 19.0. The predicted molar refractivity (Wildman–Crippen MR) is 132 cm³/mol. The van der Waals surface area contributed by atoms with E-state index in [0.717, 1.165) is 66.6 Å². The van der Waals surface area contributed by atoms with E-state index in [1.54, 1.807) is 0 Å². The van der Waals surface area contributed by atoms with Crippen molar-refractivity contribution < 1.29 is 23.1 Å². The van der Waals surface area contributed by atoms with Crippen LogP contribution in [0.25, 0.3) is 31.7 Å². The van der Waals surface area contributed by atoms with Gasteiger partial charge in [0.1, 0.15) is 24.5 Å². The third-order valence-corrected chi connectivity index (χ3v) is 8.25. The van der Waals surface area contributed by atoms with Gasteiger partial charge in [0.05, 0.1) is 6.42 Å². The number of halogens is 3. The van der Waals surface area contributed by atoms with Gasteiger partial charge in [0.2, 0.25) is 5.36 Å². The number of anilines is 1. The highest BCUT2D eigenvalue weighted by atomic mass is 32.1. The summed E-state index contributed by atoms with van der Waals surface area (Å²) in [7, 11) is 0. The SMILES string of the molecule is Cc1c(F)c(F)c(C(=O)O)c(-c2c3ccc(=[N+]4CCC4)cc-3sc3cc(N4CCC4)ccc23)c1F. The van der Waals surface area contributed by atoms with Gasteiger partial charge in [0.15, 0.2) is 11.6 Å². The lowest BCUT2D eigenvalue weighted by molar-refractivity contribution is 0.0691. The standard InChI is InChI=1S/C27H21F3N2O2S/c1-14-24(28)22(23(27(33)34)26(30)25(14)29)21-17-6-4-15(31-8-2-9-31)12-19(17)35-20-13-16(5-7-18(20)21)32-10-3-11-32/h4-7,12-13H,2-3,8-11H2,1H3/p+1. The number of carboxylic acid groups (broad SMARTS) is 1. The fourth-order valence-corrected chi connectivity index (χ4v) is 6.05. The summed E-state index contributed by atoms with van der Waals surface area (Å²) in [5, 5.41) is 11.5. The lowest BCUT2D eigenvalue weighted by Crippen LogP contribution is -2.40. The molecule has 0 aromatic heterocycles. The van der Waals surface area contributed by atoms with Crippen LogP contribution in [0, 0.1) is 24.4 Å². The summed E-state index contributed by atoms with van der Waals surface area (Å²) in [5.41, 5.74) is -0.0188. The number of rotatable bonds is 3. The van der Waals surface area contributed by atoms with E-state index in [1.165, 1.54) is 11.3 Å². The number of fused-ring (bicyclic) bond motifs is 2. The summed E-state index contributed by atoms with van der Waals surface area (Å²) >= 11 is 1.53. The van der Waals surface area contributed by atoms with Crippen molar-refractivity contribution in [2.24, 2.45) is 0 Å². The highest BCUT2D eigenvalue weighted by Gasteiger charge is 2.31. The van der Waals surface area contributed by atoms with E-state index in [-0.39, 0.29) is 5.56 Å². The summed E-state index contributed by atoms with van der Waals surface area (Å²) < 4.78 is 48.1. The van der Waals surface area contributed by atoms with Gasteiger partial charge in [-0.25, -0.2) is 22.5 Å². The van der Waals surface area contributed by atoms with Crippen LogP contribution in [0.3, 0.4) is 0 Å². The molecule has 35 heavy (non-hydrogen) atoms. The molecule has 3 aliphatic heterocycles. The van der Waals surface area contributed by atoms with Gasteiger partial charge in [-0.3, -0.25) is 0 Å². The van der Waals surface area contributed by atoms with Crippen molar-refractivity contribution >= 4 is 33.1 Å². The third-order valence-electron chi connectivity index (χ3n) is 7.14. The van der Waals surface area contributed by atoms with E-state index < -0.39 is 40.1 Å². The molecule has 0 saturated carbocycles. The van der Waals surface area contributed by atoms with E-state index >= 15 is 4.39 Å². The molecule has 1 N–H and O–H groups in total. The van der Waals surface area contributed by atoms with Crippen molar-refractivity contribution in [1.29, 1.82) is 0 Å². The lowest BCUT2D eigenvalue weighted by Gasteiger charge is -2.33. The molecule has 6 rings (SSSR count). The molecule has 4 nitrogen and oxygen atoms in total. The van der Waals surface area contributed by atoms with Crippen LogP contribution in [-0.4, -0.2) is 37.3 Å². The molecule has 178 valence electrons. The average molecular weight is 496 g/mol. The average Bonchev–Trinajstić information content (AvgIpc) is 2.76. The number of hydrogen-bond acceptors (Lipinski definition) is 3. The Balaban J connectivity index is 1.76. The quantitative estimate of drug-likeness (QED) is 0.233. The normalized spacial score (nSPS) is 15.4. The second kappa shape index (κ2) is 8.09. The van der Waals surface area contributed by atoms with Gasteiger partial charge in [-0.05, 0) is 31.5 Å². The summed E-state index contributed by atoms with van der Waals surface area (Å²) in [4.78, 5) is 15.2. The lowest BCUT2D eigenvalue weighted by atomic mass is 9.89. The Bertz CT molecular complexity index is 1580. The first-order valence-corrected chi connectivity index (χ1v) is 12.4. The molecule has 2 saturated heterocycles. The molecule has 0 amide bonds. The molecule has 0 atom stereocenters. The number of nitrogens with zero attached hydrogens (tertiary/aromatic N) is 2. The van der Waals surface area contributed by atoms with Gasteiger partial charge in [-0.1, -0.05) is 6.07 Å². The van der Waals surface area contributed by atoms with E-state index in [4.69, 9.17) is 0 Å². The first-order valence-electron chi connectivity index (χ1n) is 11.6. The highest BCUT2D eigenvalue weighted by Crippen LogP contribution is 2.47. The highest BCUT2D eigenvalue weighted by molar-refractivity contribution is 7.21. The van der Waals surface area contributed by atoms with Crippen LogP contribution < -0.4 is 14.8 Å². The Morgan fingerprint density at radius 3 is 2.37 bits per heavy atom. The predicted octanol–water partition coefficient (Wildman–Crippen LogP) is 5.48. The summed E-state index contributed by atoms with van der Waals surface area (Å²) in [5.74, 6) is -5.79. The Morgan fingerprint density at radius 2 is 1.74 bits per heavy atom. The maximum atomic E-state index is 15.7. The molecule has 2 aromatic rings. The van der Waals surface area contributed by atoms with Crippen molar-refractivity contribution in [3.05, 3.63) is 70.3 Å². The number of benzene rings is 3. The third kappa shape index (κ3) is 3.34. The molecule has 2 fully saturated rings. The molecule has 0 radical (unpaired) electrons. The van der Waals surface area contributed by atoms with Gasteiger partial charge < -0.3 is 10.0 Å². The van der Waals surface area contributed by atoms with Crippen molar-refractivity contribution in [3.8, 4) is 21.6 Å². The Labute approximate surface area is 203 Å². The Morgan fingerprint density at radius 1 is 0.971 bits per heavy atom. The Kier molecular flexibility index (Phi) is 5.11. The molecular weight excluding hydrogens is 473 g/mol. The molecule has 2 aromatic carbocycles. The Hall–Kier alpha value is -3.39. The van der Waals surface area contributed by atoms with E-state index in [1.807, 2.05) is 36.4 Å². The van der Waals surface area contributed by atoms with E-state index in [9.17, 15) is 18.7 Å². The zero-order chi connectivity index (χ0) is 24.4. The van der Waals surface area contributed by atoms with Crippen LogP contribution in [0.5, 0.6) is 0 Å². The molecule has 0 unspecified atom stereocenters. The fraction of sp³-hybridized carbons (Fsp3) is 0.259. The van der Waals surface area contributed by atoms with Gasteiger partial charge in [0, 0.05) is 68.1 Å². The molecule has 3 heterocycles. The molecule has 8 heteroatoms. The van der Waals surface area contributed by atoms with Crippen LogP contribution >= 0.6 is 11.3 Å². The minimum atomic E-state index is -1.71. The second-order valence-electron chi connectivity index (χ2n) is 9.14. The van der Waals surface area contributed by atoms with Crippen molar-refractivity contribution in [2.75, 3.05) is 31.1 Å². The second-order valence-corrected chi connectivity index (χ2v) is 10.2. The number of hydrogen-bond donors (Lipinski definition) is 1. The monoisotopic (exact) mass is 495 g/mol. The van der Waals surface area contributed by atoms with Crippen LogP contribution in [0.15, 0.2) is 36.4 Å². The van der Waals surface area contributed by atoms with Crippen molar-refractivity contribution in [3.63, 3.8) is 0 Å². The van der Waals surface area contributed by atoms with Gasteiger partial charge in [-0.15, -0.1) is 11.3 Å². The minimum absolute atomic E-state index is 0.274. The van der Waals surface area contributed by atoms with Gasteiger partial charge in [-0.2, -0.15) is 0 Å². The van der Waals surface area contributed by atoms with Crippen molar-refractivity contribution in [1.82, 2.24) is 4.58 Å². The van der Waals surface area contributed by atoms with Gasteiger partial charge >= 0.3 is 5.97 Å². The molecule has 0 bridgehead atoms. The first kappa shape index (κ1) is 22.1. The topological polar surface area (TPSA) is 43.5 Å². The fourth-order valence-electron chi connectivity index (χ4n) is 4.89. The summed E-state index contributed by atoms with van der Waals surface area (Å²) in [6.07, 6.45) is 2.23. The maximum Gasteiger partial charge on any atom is 0.339 e. The largest absolute Gasteiger partial charge is 0.478 e. The number of aromatic carboxylic acids is 1. The molecule has 4 aliphatic rings. The van der Waals surface area contributed by atoms with Crippen LogP contribution in [-0.2, 0) is 0 Å². The maximum absolute atomic E-state index is 15.7. The van der Waals surface area contributed by atoms with Crippen LogP contribution in [0.4, 0.5) is 18.9 Å².